The molecule has 0 saturated carbocycles. The summed E-state index contributed by atoms with van der Waals surface area (Å²) < 4.78 is 18.0. The smallest absolute Gasteiger partial charge is 0.303 e. The molecular weight excluding hydrogens is 360 g/mol. The number of hydrogen-bond acceptors (Lipinski definition) is 11. The molecular formula is C15H22N6O6. The van der Waals surface area contributed by atoms with Gasteiger partial charge in [0, 0.05) is 13.8 Å². The van der Waals surface area contributed by atoms with Crippen molar-refractivity contribution < 1.29 is 28.9 Å². The molecule has 1 saturated heterocycles. The highest BCUT2D eigenvalue weighted by Gasteiger charge is 2.49. The number of ether oxygens (including phenoxy) is 3. The molecule has 0 aromatic carbocycles. The number of fused-ring (bicyclic) bond motifs is 1. The van der Waals surface area contributed by atoms with Crippen molar-refractivity contribution in [2.45, 2.75) is 38.4 Å². The number of esters is 2. The van der Waals surface area contributed by atoms with E-state index in [1.54, 1.807) is 4.57 Å². The number of guanidine groups is 1. The number of aliphatic imine (C=N–C) groups is 1. The molecule has 1 fully saturated rings. The Kier molecular flexibility index (Phi) is 5.30. The minimum atomic E-state index is -0.839. The van der Waals surface area contributed by atoms with E-state index >= 15 is 0 Å². The molecule has 2 aliphatic heterocycles. The molecule has 12 heteroatoms. The third kappa shape index (κ3) is 3.72. The predicted octanol–water partition coefficient (Wildman–Crippen LogP) is -1.42. The van der Waals surface area contributed by atoms with E-state index in [1.165, 1.54) is 20.2 Å². The minimum absolute atomic E-state index is 0.0809. The van der Waals surface area contributed by atoms with E-state index < -0.39 is 42.5 Å². The van der Waals surface area contributed by atoms with Gasteiger partial charge in [0.2, 0.25) is 0 Å². The van der Waals surface area contributed by atoms with Crippen LogP contribution in [-0.4, -0.2) is 58.0 Å². The topological polar surface area (TPSA) is 176 Å². The first-order valence-electron chi connectivity index (χ1n) is 8.31. The van der Waals surface area contributed by atoms with Crippen molar-refractivity contribution in [1.82, 2.24) is 9.55 Å². The van der Waals surface area contributed by atoms with Crippen LogP contribution in [-0.2, 0) is 23.8 Å². The van der Waals surface area contributed by atoms with Crippen LogP contribution < -0.4 is 16.8 Å². The molecule has 0 radical (unpaired) electrons. The third-order valence-corrected chi connectivity index (χ3v) is 4.36. The summed E-state index contributed by atoms with van der Waals surface area (Å²) in [6, 6.07) is 0. The van der Waals surface area contributed by atoms with Gasteiger partial charge in [0.1, 0.15) is 24.3 Å². The molecule has 3 heterocycles. The molecule has 1 unspecified atom stereocenters. The van der Waals surface area contributed by atoms with Crippen molar-refractivity contribution in [3.8, 4) is 0 Å². The summed E-state index contributed by atoms with van der Waals surface area (Å²) in [5, 5.41) is 12.6. The zero-order valence-corrected chi connectivity index (χ0v) is 14.9. The molecule has 1 aromatic rings. The van der Waals surface area contributed by atoms with Crippen LogP contribution in [0.2, 0.25) is 0 Å². The van der Waals surface area contributed by atoms with Gasteiger partial charge in [0.15, 0.2) is 18.3 Å². The number of carbonyl (C=O) groups is 2. The molecule has 1 aromatic heterocycles. The van der Waals surface area contributed by atoms with E-state index in [0.717, 1.165) is 0 Å². The molecule has 148 valence electrons. The summed E-state index contributed by atoms with van der Waals surface area (Å²) in [5.74, 6) is -1.06. The number of nitrogens with two attached hydrogens (primary N) is 2. The Morgan fingerprint density at radius 1 is 1.41 bits per heavy atom. The molecule has 12 nitrogen and oxygen atoms in total. The van der Waals surface area contributed by atoms with Crippen molar-refractivity contribution >= 4 is 23.7 Å². The fourth-order valence-electron chi connectivity index (χ4n) is 3.21. The van der Waals surface area contributed by atoms with E-state index in [1.807, 2.05) is 0 Å². The number of nitrogens with one attached hydrogen (secondary N) is 1. The number of rotatable bonds is 5. The number of carbonyl (C=O) groups excluding carboxylic acids is 2. The van der Waals surface area contributed by atoms with Crippen molar-refractivity contribution in [1.29, 1.82) is 0 Å². The van der Waals surface area contributed by atoms with Gasteiger partial charge in [0.05, 0.1) is 25.0 Å². The van der Waals surface area contributed by atoms with Crippen LogP contribution in [0.3, 0.4) is 0 Å². The lowest BCUT2D eigenvalue weighted by Gasteiger charge is -2.26. The average Bonchev–Trinajstić information content (AvgIpc) is 3.13. The first-order chi connectivity index (χ1) is 12.8. The Hall–Kier alpha value is -2.70. The van der Waals surface area contributed by atoms with Crippen molar-refractivity contribution in [2.24, 2.45) is 22.4 Å². The fourth-order valence-corrected chi connectivity index (χ4v) is 3.21. The maximum absolute atomic E-state index is 11.6. The van der Waals surface area contributed by atoms with E-state index in [2.05, 4.69) is 15.3 Å². The average molecular weight is 382 g/mol. The molecule has 0 amide bonds. The Morgan fingerprint density at radius 2 is 2.15 bits per heavy atom. The zero-order valence-electron chi connectivity index (χ0n) is 14.9. The highest BCUT2D eigenvalue weighted by atomic mass is 16.6. The summed E-state index contributed by atoms with van der Waals surface area (Å²) in [4.78, 5) is 31.1. The quantitative estimate of drug-likeness (QED) is 0.442. The molecule has 2 aliphatic rings. The number of anilines is 1. The van der Waals surface area contributed by atoms with Gasteiger partial charge in [0.25, 0.3) is 0 Å². The first kappa shape index (κ1) is 19.1. The van der Waals surface area contributed by atoms with Gasteiger partial charge in [-0.3, -0.25) is 14.2 Å². The summed E-state index contributed by atoms with van der Waals surface area (Å²) >= 11 is 0. The lowest BCUT2D eigenvalue weighted by Crippen LogP contribution is -2.36. The second-order valence-corrected chi connectivity index (χ2v) is 6.26. The van der Waals surface area contributed by atoms with Gasteiger partial charge >= 0.3 is 11.9 Å². The SMILES string of the molecule is CC(=O)OC[C@H]1[C@@H](OC(C)=O)[C@H](n2cnc3c2NC(N)=NC3N)O[C@@H]1CO. The fraction of sp³-hybridized carbons (Fsp3) is 0.600. The number of aliphatic hydroxyl groups is 1. The van der Waals surface area contributed by atoms with Crippen molar-refractivity contribution in [2.75, 3.05) is 18.5 Å². The lowest BCUT2D eigenvalue weighted by molar-refractivity contribution is -0.155. The Balaban J connectivity index is 1.94. The van der Waals surface area contributed by atoms with Gasteiger partial charge in [-0.05, 0) is 0 Å². The standard InChI is InChI=1S/C15H22N6O6/c1-6(23)25-4-8-9(3-22)27-14(11(8)26-7(2)24)21-5-18-10-12(16)19-15(17)20-13(10)21/h5,8-9,11-12,14,22H,3-4,16H2,1-2H3,(H3,17,19,20)/t8-,9-,11-,12?,14-/m1/s1. The van der Waals surface area contributed by atoms with Crippen LogP contribution in [0.25, 0.3) is 0 Å². The van der Waals surface area contributed by atoms with E-state index in [-0.39, 0.29) is 19.2 Å². The minimum Gasteiger partial charge on any atom is -0.465 e. The maximum atomic E-state index is 11.6. The molecule has 27 heavy (non-hydrogen) atoms. The van der Waals surface area contributed by atoms with Gasteiger partial charge in [-0.2, -0.15) is 0 Å². The van der Waals surface area contributed by atoms with Gasteiger partial charge in [-0.15, -0.1) is 0 Å². The summed E-state index contributed by atoms with van der Waals surface area (Å²) in [5.41, 5.74) is 12.1. The van der Waals surface area contributed by atoms with E-state index in [0.29, 0.717) is 11.5 Å². The highest BCUT2D eigenvalue weighted by molar-refractivity contribution is 5.93. The predicted molar refractivity (Wildman–Crippen MR) is 91.1 cm³/mol. The summed E-state index contributed by atoms with van der Waals surface area (Å²) in [6.45, 7) is 2.09. The van der Waals surface area contributed by atoms with E-state index in [4.69, 9.17) is 25.7 Å². The number of hydrogen-bond donors (Lipinski definition) is 4. The van der Waals surface area contributed by atoms with Crippen molar-refractivity contribution in [3.05, 3.63) is 12.0 Å². The van der Waals surface area contributed by atoms with E-state index in [9.17, 15) is 14.7 Å². The number of imidazole rings is 1. The molecule has 5 atom stereocenters. The monoisotopic (exact) mass is 382 g/mol. The molecule has 0 spiro atoms. The van der Waals surface area contributed by atoms with Crippen LogP contribution >= 0.6 is 0 Å². The Morgan fingerprint density at radius 3 is 2.78 bits per heavy atom. The van der Waals surface area contributed by atoms with Crippen LogP contribution in [0.4, 0.5) is 5.82 Å². The van der Waals surface area contributed by atoms with Crippen molar-refractivity contribution in [3.63, 3.8) is 0 Å². The third-order valence-electron chi connectivity index (χ3n) is 4.36. The Labute approximate surface area is 154 Å². The van der Waals surface area contributed by atoms with Crippen LogP contribution in [0.1, 0.15) is 31.9 Å². The normalized spacial score (nSPS) is 29.5. The van der Waals surface area contributed by atoms with Crippen LogP contribution in [0.15, 0.2) is 11.3 Å². The van der Waals surface area contributed by atoms with Gasteiger partial charge in [-0.25, -0.2) is 9.98 Å². The van der Waals surface area contributed by atoms with Crippen LogP contribution in [0.5, 0.6) is 0 Å². The zero-order chi connectivity index (χ0) is 19.7. The largest absolute Gasteiger partial charge is 0.465 e. The molecule has 6 N–H and O–H groups in total. The molecule has 3 rings (SSSR count). The second-order valence-electron chi connectivity index (χ2n) is 6.26. The maximum Gasteiger partial charge on any atom is 0.303 e. The first-order valence-corrected chi connectivity index (χ1v) is 8.31. The van der Waals surface area contributed by atoms with Crippen LogP contribution in [0, 0.1) is 5.92 Å². The number of aromatic nitrogens is 2. The number of aliphatic hydroxyl groups excluding tert-OH is 1. The summed E-state index contributed by atoms with van der Waals surface area (Å²) in [7, 11) is 0. The lowest BCUT2D eigenvalue weighted by atomic mass is 9.99. The van der Waals surface area contributed by atoms with Gasteiger partial charge in [-0.1, -0.05) is 0 Å². The number of nitrogens with zero attached hydrogens (tertiary/aromatic N) is 3. The second kappa shape index (κ2) is 7.50. The molecule has 0 aliphatic carbocycles. The Bertz CT molecular complexity index is 764. The summed E-state index contributed by atoms with van der Waals surface area (Å²) in [6.07, 6.45) is -1.69. The van der Waals surface area contributed by atoms with Gasteiger partial charge < -0.3 is 36.1 Å². The molecule has 0 bridgehead atoms. The highest BCUT2D eigenvalue weighted by Crippen LogP contribution is 2.39.